The number of hydrogen-bond acceptors (Lipinski definition) is 4. The van der Waals surface area contributed by atoms with Crippen LogP contribution in [0.2, 0.25) is 0 Å². The normalized spacial score (nSPS) is 22.2. The molecule has 0 bridgehead atoms. The van der Waals surface area contributed by atoms with E-state index < -0.39 is 23.1 Å². The van der Waals surface area contributed by atoms with E-state index in [1.54, 1.807) is 30.3 Å². The van der Waals surface area contributed by atoms with Crippen molar-refractivity contribution in [2.75, 3.05) is 26.7 Å². The first-order valence-corrected chi connectivity index (χ1v) is 11.2. The molecule has 1 spiro atoms. The Morgan fingerprint density at radius 2 is 1.71 bits per heavy atom. The molecule has 2 aliphatic heterocycles. The van der Waals surface area contributed by atoms with Crippen LogP contribution in [0.5, 0.6) is 5.75 Å². The van der Waals surface area contributed by atoms with E-state index in [-0.39, 0.29) is 42.6 Å². The van der Waals surface area contributed by atoms with Crippen molar-refractivity contribution in [2.45, 2.75) is 37.0 Å². The molecular weight excluding hydrogens is 449 g/mol. The minimum Gasteiger partial charge on any atom is -0.508 e. The molecule has 0 radical (unpaired) electrons. The number of carbonyl (C=O) groups excluding carboxylic acids is 2. The van der Waals surface area contributed by atoms with Crippen LogP contribution in [0.3, 0.4) is 0 Å². The molecule has 2 heterocycles. The van der Waals surface area contributed by atoms with Crippen molar-refractivity contribution in [3.63, 3.8) is 0 Å². The van der Waals surface area contributed by atoms with Gasteiger partial charge in [0.1, 0.15) is 5.75 Å². The molecule has 2 saturated heterocycles. The zero-order valence-corrected chi connectivity index (χ0v) is 18.8. The highest BCUT2D eigenvalue weighted by Crippen LogP contribution is 2.51. The summed E-state index contributed by atoms with van der Waals surface area (Å²) in [4.78, 5) is 26.9. The molecule has 2 aliphatic rings. The summed E-state index contributed by atoms with van der Waals surface area (Å²) in [6.07, 6.45) is -4.13. The van der Waals surface area contributed by atoms with E-state index >= 15 is 0 Å². The third-order valence-electron chi connectivity index (χ3n) is 7.30. The highest BCUT2D eigenvalue weighted by atomic mass is 19.4. The van der Waals surface area contributed by atoms with E-state index in [1.807, 2.05) is 0 Å². The summed E-state index contributed by atoms with van der Waals surface area (Å²) >= 11 is 0. The Labute approximate surface area is 195 Å². The fraction of sp³-hybridized carbons (Fsp3) is 0.440. The molecule has 0 aromatic heterocycles. The second kappa shape index (κ2) is 8.94. The number of likely N-dealkylation sites (tertiary alicyclic amines) is 1. The Morgan fingerprint density at radius 3 is 2.29 bits per heavy atom. The van der Waals surface area contributed by atoms with Crippen LogP contribution in [-0.4, -0.2) is 54.7 Å². The number of methoxy groups -OCH3 is 1. The number of halogens is 3. The zero-order chi connectivity index (χ0) is 24.6. The van der Waals surface area contributed by atoms with Gasteiger partial charge in [-0.2, -0.15) is 13.2 Å². The topological polar surface area (TPSA) is 78.9 Å². The van der Waals surface area contributed by atoms with Crippen molar-refractivity contribution in [2.24, 2.45) is 5.41 Å². The lowest BCUT2D eigenvalue weighted by Gasteiger charge is -2.50. The average Bonchev–Trinajstić information content (AvgIpc) is 2.81. The molecule has 2 aromatic rings. The van der Waals surface area contributed by atoms with Crippen LogP contribution < -0.4 is 5.32 Å². The van der Waals surface area contributed by atoms with Gasteiger partial charge in [-0.25, -0.2) is 0 Å². The van der Waals surface area contributed by atoms with Crippen LogP contribution in [0.1, 0.15) is 36.3 Å². The summed E-state index contributed by atoms with van der Waals surface area (Å²) in [5.41, 5.74) is -3.27. The van der Waals surface area contributed by atoms with Gasteiger partial charge in [0, 0.05) is 44.6 Å². The Bertz CT molecular complexity index is 1050. The number of ether oxygens (including phenoxy) is 1. The van der Waals surface area contributed by atoms with Gasteiger partial charge in [0.15, 0.2) is 0 Å². The van der Waals surface area contributed by atoms with Gasteiger partial charge in [-0.05, 0) is 29.9 Å². The molecule has 2 amide bonds. The molecule has 2 aromatic carbocycles. The molecule has 0 unspecified atom stereocenters. The van der Waals surface area contributed by atoms with Crippen molar-refractivity contribution in [1.82, 2.24) is 10.2 Å². The van der Waals surface area contributed by atoms with Crippen molar-refractivity contribution >= 4 is 11.8 Å². The number of aromatic hydroxyl groups is 1. The largest absolute Gasteiger partial charge is 0.508 e. The fourth-order valence-corrected chi connectivity index (χ4v) is 5.47. The number of nitrogens with one attached hydrogen (secondary N) is 1. The number of amides is 2. The summed E-state index contributed by atoms with van der Waals surface area (Å²) in [6.45, 7) is 0.410. The predicted molar refractivity (Wildman–Crippen MR) is 118 cm³/mol. The van der Waals surface area contributed by atoms with Crippen molar-refractivity contribution < 1.29 is 32.6 Å². The van der Waals surface area contributed by atoms with E-state index in [1.165, 1.54) is 29.2 Å². The Kier molecular flexibility index (Phi) is 6.33. The second-order valence-corrected chi connectivity index (χ2v) is 9.00. The van der Waals surface area contributed by atoms with E-state index in [4.69, 9.17) is 4.74 Å². The summed E-state index contributed by atoms with van der Waals surface area (Å²) < 4.78 is 48.0. The molecule has 9 heteroatoms. The van der Waals surface area contributed by atoms with Crippen LogP contribution >= 0.6 is 0 Å². The molecule has 0 saturated carbocycles. The second-order valence-electron chi connectivity index (χ2n) is 9.00. The first-order valence-electron chi connectivity index (χ1n) is 11.2. The van der Waals surface area contributed by atoms with Gasteiger partial charge in [0.05, 0.1) is 0 Å². The maximum atomic E-state index is 14.3. The smallest absolute Gasteiger partial charge is 0.430 e. The van der Waals surface area contributed by atoms with Crippen LogP contribution in [0.4, 0.5) is 13.2 Å². The Morgan fingerprint density at radius 1 is 1.09 bits per heavy atom. The molecule has 2 N–H and O–H groups in total. The molecule has 6 nitrogen and oxygen atoms in total. The first kappa shape index (κ1) is 24.1. The molecular formula is C25H27F3N2O4. The average molecular weight is 476 g/mol. The van der Waals surface area contributed by atoms with Gasteiger partial charge in [-0.15, -0.1) is 0 Å². The molecule has 0 aliphatic carbocycles. The molecule has 2 fully saturated rings. The van der Waals surface area contributed by atoms with Gasteiger partial charge in [0.25, 0.3) is 11.5 Å². The predicted octanol–water partition coefficient (Wildman–Crippen LogP) is 3.71. The van der Waals surface area contributed by atoms with Crippen molar-refractivity contribution in [3.05, 3.63) is 65.7 Å². The zero-order valence-electron chi connectivity index (χ0n) is 18.8. The lowest BCUT2D eigenvalue weighted by molar-refractivity contribution is -0.271. The van der Waals surface area contributed by atoms with Crippen molar-refractivity contribution in [3.8, 4) is 5.75 Å². The number of para-hydroxylation sites is 1. The van der Waals surface area contributed by atoms with Gasteiger partial charge < -0.3 is 20.1 Å². The van der Waals surface area contributed by atoms with Gasteiger partial charge in [0.2, 0.25) is 5.91 Å². The van der Waals surface area contributed by atoms with E-state index in [0.29, 0.717) is 24.9 Å². The van der Waals surface area contributed by atoms with Crippen molar-refractivity contribution in [1.29, 1.82) is 0 Å². The highest BCUT2D eigenvalue weighted by Gasteiger charge is 2.64. The number of phenolic OH excluding ortho intramolecular Hbond substituents is 1. The van der Waals surface area contributed by atoms with E-state index in [2.05, 4.69) is 5.32 Å². The number of carbonyl (C=O) groups is 2. The van der Waals surface area contributed by atoms with Crippen LogP contribution in [0.25, 0.3) is 0 Å². The molecule has 182 valence electrons. The maximum Gasteiger partial charge on any atom is 0.430 e. The minimum atomic E-state index is -4.97. The first-order chi connectivity index (χ1) is 16.1. The maximum absolute atomic E-state index is 14.3. The SMILES string of the molecule is CO[C@@](C(=O)N1CCC2(CC1)CC(=O)NC[C@@H]2c1ccccc1O)(c1ccccc1)C(F)(F)F. The Hall–Kier alpha value is -3.07. The van der Waals surface area contributed by atoms with Crippen LogP contribution in [0, 0.1) is 5.41 Å². The fourth-order valence-electron chi connectivity index (χ4n) is 5.47. The number of rotatable bonds is 4. The molecule has 4 rings (SSSR count). The molecule has 34 heavy (non-hydrogen) atoms. The summed E-state index contributed by atoms with van der Waals surface area (Å²) in [5, 5.41) is 13.3. The number of hydrogen-bond donors (Lipinski definition) is 2. The number of benzene rings is 2. The summed E-state index contributed by atoms with van der Waals surface area (Å²) in [5.74, 6) is -1.41. The third kappa shape index (κ3) is 3.91. The highest BCUT2D eigenvalue weighted by molar-refractivity contribution is 5.88. The number of nitrogens with zero attached hydrogens (tertiary/aromatic N) is 1. The third-order valence-corrected chi connectivity index (χ3v) is 7.30. The minimum absolute atomic E-state index is 0.0459. The van der Waals surface area contributed by atoms with Gasteiger partial charge in [-0.3, -0.25) is 9.59 Å². The summed E-state index contributed by atoms with van der Waals surface area (Å²) in [6, 6.07) is 13.8. The summed E-state index contributed by atoms with van der Waals surface area (Å²) in [7, 11) is 0.892. The van der Waals surface area contributed by atoms with E-state index in [9.17, 15) is 27.9 Å². The lowest BCUT2D eigenvalue weighted by Crippen LogP contribution is -2.60. The van der Waals surface area contributed by atoms with Gasteiger partial charge in [-0.1, -0.05) is 48.5 Å². The van der Waals surface area contributed by atoms with Gasteiger partial charge >= 0.3 is 6.18 Å². The standard InChI is InChI=1S/C25H27F3N2O4/c1-34-24(25(26,27)28,17-7-3-2-4-8-17)22(33)30-13-11-23(12-14-30)15-21(32)29-16-19(23)18-9-5-6-10-20(18)31/h2-10,19,31H,11-16H2,1H3,(H,29,32)/t19-,24-/m1/s1. The number of phenols is 1. The lowest BCUT2D eigenvalue weighted by atomic mass is 9.62. The monoisotopic (exact) mass is 476 g/mol. The number of piperidine rings is 2. The van der Waals surface area contributed by atoms with Crippen LogP contribution in [-0.2, 0) is 19.9 Å². The Balaban J connectivity index is 1.63. The van der Waals surface area contributed by atoms with E-state index in [0.717, 1.165) is 7.11 Å². The quantitative estimate of drug-likeness (QED) is 0.705. The molecule has 2 atom stereocenters. The number of alkyl halides is 3. The van der Waals surface area contributed by atoms with Crippen LogP contribution in [0.15, 0.2) is 54.6 Å².